The van der Waals surface area contributed by atoms with Gasteiger partial charge in [0.15, 0.2) is 0 Å². The van der Waals surface area contributed by atoms with Crippen LogP contribution >= 0.6 is 0 Å². The number of unbranched alkanes of at least 4 members (excludes halogenated alkanes) is 2. The quantitative estimate of drug-likeness (QED) is 0.142. The third-order valence-corrected chi connectivity index (χ3v) is 8.93. The Bertz CT molecular complexity index is 1200. The number of aryl methyl sites for hydroxylation is 4. The van der Waals surface area contributed by atoms with E-state index < -0.39 is 0 Å². The molecule has 4 aromatic carbocycles. The summed E-state index contributed by atoms with van der Waals surface area (Å²) in [6.07, 6.45) is 7.06. The first-order valence-electron chi connectivity index (χ1n) is 15.9. The molecule has 0 spiro atoms. The molecule has 1 heteroatoms. The molecule has 0 amide bonds. The molecular weight excluding hydrogens is 494 g/mol. The summed E-state index contributed by atoms with van der Waals surface area (Å²) < 4.78 is 0. The van der Waals surface area contributed by atoms with Gasteiger partial charge in [-0.3, -0.25) is 4.90 Å². The Balaban J connectivity index is 1.87. The van der Waals surface area contributed by atoms with E-state index in [0.717, 1.165) is 25.9 Å². The van der Waals surface area contributed by atoms with E-state index in [-0.39, 0.29) is 5.41 Å². The molecule has 216 valence electrons. The fraction of sp³-hybridized carbons (Fsp3) is 0.400. The van der Waals surface area contributed by atoms with Gasteiger partial charge in [-0.25, -0.2) is 0 Å². The van der Waals surface area contributed by atoms with Crippen LogP contribution in [0.25, 0.3) is 0 Å². The molecule has 0 N–H and O–H groups in total. The van der Waals surface area contributed by atoms with E-state index in [2.05, 4.69) is 144 Å². The molecule has 41 heavy (non-hydrogen) atoms. The molecule has 0 aromatic heterocycles. The van der Waals surface area contributed by atoms with E-state index in [1.54, 1.807) is 0 Å². The molecule has 0 saturated heterocycles. The zero-order valence-electron chi connectivity index (χ0n) is 26.4. The molecule has 1 atom stereocenters. The minimum absolute atomic E-state index is 0.237. The van der Waals surface area contributed by atoms with E-state index >= 15 is 0 Å². The highest BCUT2D eigenvalue weighted by atomic mass is 15.1. The van der Waals surface area contributed by atoms with E-state index in [4.69, 9.17) is 0 Å². The fourth-order valence-corrected chi connectivity index (χ4v) is 6.30. The number of nitrogens with zero attached hydrogens (tertiary/aromatic N) is 1. The van der Waals surface area contributed by atoms with E-state index in [1.807, 2.05) is 0 Å². The van der Waals surface area contributed by atoms with Crippen LogP contribution in [0.15, 0.2) is 97.1 Å². The number of benzene rings is 4. The van der Waals surface area contributed by atoms with Gasteiger partial charge in [0.1, 0.15) is 0 Å². The van der Waals surface area contributed by atoms with Crippen molar-refractivity contribution in [2.24, 2.45) is 0 Å². The summed E-state index contributed by atoms with van der Waals surface area (Å²) in [5.41, 5.74) is 10.6. The molecule has 0 radical (unpaired) electrons. The molecule has 0 heterocycles. The summed E-state index contributed by atoms with van der Waals surface area (Å²) in [6.45, 7) is 15.7. The van der Waals surface area contributed by atoms with Gasteiger partial charge in [0.05, 0.1) is 0 Å². The van der Waals surface area contributed by atoms with E-state index in [9.17, 15) is 0 Å². The summed E-state index contributed by atoms with van der Waals surface area (Å²) in [7, 11) is 0. The first kappa shape index (κ1) is 30.8. The normalized spacial score (nSPS) is 12.6. The third kappa shape index (κ3) is 7.57. The summed E-state index contributed by atoms with van der Waals surface area (Å²) in [5.74, 6) is 0. The minimum atomic E-state index is -0.237. The van der Waals surface area contributed by atoms with E-state index in [1.165, 1.54) is 70.2 Å². The van der Waals surface area contributed by atoms with Gasteiger partial charge in [0.2, 0.25) is 0 Å². The fourth-order valence-electron chi connectivity index (χ4n) is 6.30. The average molecular weight is 546 g/mol. The van der Waals surface area contributed by atoms with Gasteiger partial charge >= 0.3 is 0 Å². The van der Waals surface area contributed by atoms with Crippen LogP contribution in [0.1, 0.15) is 103 Å². The molecular formula is C40H51N. The zero-order chi connectivity index (χ0) is 29.2. The molecule has 0 aliphatic rings. The lowest BCUT2D eigenvalue weighted by molar-refractivity contribution is 0.174. The van der Waals surface area contributed by atoms with Gasteiger partial charge in [-0.05, 0) is 88.7 Å². The van der Waals surface area contributed by atoms with Gasteiger partial charge in [-0.2, -0.15) is 0 Å². The van der Waals surface area contributed by atoms with Crippen molar-refractivity contribution in [3.8, 4) is 0 Å². The lowest BCUT2D eigenvalue weighted by Crippen LogP contribution is -2.35. The highest BCUT2D eigenvalue weighted by Crippen LogP contribution is 2.45. The summed E-state index contributed by atoms with van der Waals surface area (Å²) >= 11 is 0. The Kier molecular flexibility index (Phi) is 11.0. The van der Waals surface area contributed by atoms with Crippen molar-refractivity contribution < 1.29 is 0 Å². The van der Waals surface area contributed by atoms with Crippen LogP contribution < -0.4 is 0 Å². The summed E-state index contributed by atoms with van der Waals surface area (Å²) in [5, 5.41) is 0. The van der Waals surface area contributed by atoms with Crippen molar-refractivity contribution in [3.63, 3.8) is 0 Å². The van der Waals surface area contributed by atoms with Crippen LogP contribution in [0, 0.1) is 27.7 Å². The largest absolute Gasteiger partial charge is 0.296 e. The van der Waals surface area contributed by atoms with Crippen LogP contribution in [0.2, 0.25) is 0 Å². The first-order valence-corrected chi connectivity index (χ1v) is 15.9. The molecule has 0 aliphatic carbocycles. The molecule has 1 nitrogen and oxygen atoms in total. The summed E-state index contributed by atoms with van der Waals surface area (Å²) in [4.78, 5) is 2.79. The van der Waals surface area contributed by atoms with Crippen molar-refractivity contribution in [1.82, 2.24) is 4.90 Å². The molecule has 0 saturated carbocycles. The Morgan fingerprint density at radius 1 is 0.512 bits per heavy atom. The topological polar surface area (TPSA) is 3.24 Å². The Labute approximate surface area is 250 Å². The molecule has 0 fully saturated rings. The maximum Gasteiger partial charge on any atom is 0.0452 e. The van der Waals surface area contributed by atoms with Crippen molar-refractivity contribution in [2.45, 2.75) is 91.5 Å². The molecule has 4 aromatic rings. The predicted octanol–water partition coefficient (Wildman–Crippen LogP) is 10.7. The SMILES string of the molecule is CCCCN(CCCC)C(CCC(c1ccc(C)cc1)(c1ccc(C)cc1)c1ccc(C)cc1)c1ccc(C)cc1. The Morgan fingerprint density at radius 3 is 1.20 bits per heavy atom. The van der Waals surface area contributed by atoms with Crippen molar-refractivity contribution in [3.05, 3.63) is 142 Å². The number of hydrogen-bond acceptors (Lipinski definition) is 1. The summed E-state index contributed by atoms with van der Waals surface area (Å²) in [6, 6.07) is 37.8. The maximum atomic E-state index is 2.79. The lowest BCUT2D eigenvalue weighted by Gasteiger charge is -2.40. The van der Waals surface area contributed by atoms with Crippen LogP contribution in [-0.2, 0) is 5.41 Å². The van der Waals surface area contributed by atoms with Crippen molar-refractivity contribution in [2.75, 3.05) is 13.1 Å². The second-order valence-electron chi connectivity index (χ2n) is 12.2. The smallest absolute Gasteiger partial charge is 0.0452 e. The van der Waals surface area contributed by atoms with E-state index in [0.29, 0.717) is 6.04 Å². The third-order valence-electron chi connectivity index (χ3n) is 8.93. The van der Waals surface area contributed by atoms with Gasteiger partial charge < -0.3 is 0 Å². The maximum absolute atomic E-state index is 2.79. The van der Waals surface area contributed by atoms with Crippen LogP contribution in [0.5, 0.6) is 0 Å². The average Bonchev–Trinajstić information content (AvgIpc) is 2.98. The predicted molar refractivity (Wildman–Crippen MR) is 178 cm³/mol. The molecule has 0 aliphatic heterocycles. The van der Waals surface area contributed by atoms with Crippen LogP contribution in [0.4, 0.5) is 0 Å². The molecule has 4 rings (SSSR count). The Hall–Kier alpha value is -3.16. The lowest BCUT2D eigenvalue weighted by atomic mass is 9.65. The van der Waals surface area contributed by atoms with Crippen LogP contribution in [-0.4, -0.2) is 18.0 Å². The first-order chi connectivity index (χ1) is 19.9. The molecule has 0 bridgehead atoms. The minimum Gasteiger partial charge on any atom is -0.296 e. The van der Waals surface area contributed by atoms with Crippen LogP contribution in [0.3, 0.4) is 0 Å². The van der Waals surface area contributed by atoms with Gasteiger partial charge in [-0.1, -0.05) is 146 Å². The highest BCUT2D eigenvalue weighted by Gasteiger charge is 2.37. The standard InChI is InChI=1S/C40H51N/c1-7-9-29-41(30-10-8-2)39(35-19-11-31(3)12-20-35)27-28-40(36-21-13-32(4)14-22-36,37-23-15-33(5)16-24-37)38-25-17-34(6)18-26-38/h11-26,39H,7-10,27-30H2,1-6H3. The van der Waals surface area contributed by atoms with Gasteiger partial charge in [0, 0.05) is 11.5 Å². The van der Waals surface area contributed by atoms with Crippen molar-refractivity contribution in [1.29, 1.82) is 0 Å². The number of hydrogen-bond donors (Lipinski definition) is 0. The van der Waals surface area contributed by atoms with Gasteiger partial charge in [-0.15, -0.1) is 0 Å². The molecule has 1 unspecified atom stereocenters. The second-order valence-corrected chi connectivity index (χ2v) is 12.2. The Morgan fingerprint density at radius 2 is 0.854 bits per heavy atom. The highest BCUT2D eigenvalue weighted by molar-refractivity contribution is 5.51. The van der Waals surface area contributed by atoms with Crippen molar-refractivity contribution >= 4 is 0 Å². The number of rotatable bonds is 14. The zero-order valence-corrected chi connectivity index (χ0v) is 26.4. The van der Waals surface area contributed by atoms with Gasteiger partial charge in [0.25, 0.3) is 0 Å². The second kappa shape index (κ2) is 14.6. The monoisotopic (exact) mass is 545 g/mol.